The first-order chi connectivity index (χ1) is 10.8. The van der Waals surface area contributed by atoms with Crippen LogP contribution in [0.4, 0.5) is 0 Å². The molecular formula is C17H26N4O2. The molecule has 0 radical (unpaired) electrons. The summed E-state index contributed by atoms with van der Waals surface area (Å²) in [6.45, 7) is 8.32. The van der Waals surface area contributed by atoms with E-state index in [4.69, 9.17) is 0 Å². The van der Waals surface area contributed by atoms with Gasteiger partial charge >= 0.3 is 0 Å². The first-order valence-electron chi connectivity index (χ1n) is 8.18. The van der Waals surface area contributed by atoms with Gasteiger partial charge in [-0.3, -0.25) is 9.89 Å². The van der Waals surface area contributed by atoms with Crippen molar-refractivity contribution in [3.63, 3.8) is 0 Å². The standard InChI is InChI=1S/C17H26N4O2/c1-5-14-19-16(21-20-14)11-8-12(13(22)9-11)10-18-15(23)6-7-17(2,3)4/h11-13,22H,5,8-10H2,1-4H3,(H,18,23)(H,19,20,21)/t11-,12+,13+/m0/s1. The zero-order valence-corrected chi connectivity index (χ0v) is 14.3. The molecule has 1 aliphatic rings. The van der Waals surface area contributed by atoms with Crippen molar-refractivity contribution in [2.45, 2.75) is 59.0 Å². The third kappa shape index (κ3) is 5.07. The minimum absolute atomic E-state index is 0.0176. The number of nitrogens with one attached hydrogen (secondary N) is 2. The van der Waals surface area contributed by atoms with E-state index in [1.807, 2.05) is 27.7 Å². The molecule has 6 heteroatoms. The van der Waals surface area contributed by atoms with Gasteiger partial charge in [-0.2, -0.15) is 5.10 Å². The van der Waals surface area contributed by atoms with Crippen molar-refractivity contribution in [2.24, 2.45) is 11.3 Å². The Kier molecular flexibility index (Phi) is 5.42. The summed E-state index contributed by atoms with van der Waals surface area (Å²) in [5, 5.41) is 20.1. The molecule has 1 fully saturated rings. The fraction of sp³-hybridized carbons (Fsp3) is 0.706. The highest BCUT2D eigenvalue weighted by Crippen LogP contribution is 2.36. The lowest BCUT2D eigenvalue weighted by Crippen LogP contribution is -2.31. The number of amides is 1. The highest BCUT2D eigenvalue weighted by atomic mass is 16.3. The van der Waals surface area contributed by atoms with E-state index < -0.39 is 6.10 Å². The van der Waals surface area contributed by atoms with E-state index >= 15 is 0 Å². The van der Waals surface area contributed by atoms with Crippen molar-refractivity contribution in [2.75, 3.05) is 6.54 Å². The van der Waals surface area contributed by atoms with Crippen molar-refractivity contribution in [1.29, 1.82) is 0 Å². The SMILES string of the molecule is CCc1nc([C@H]2C[C@H](CNC(=O)C#CC(C)(C)C)[C@H](O)C2)n[nH]1. The van der Waals surface area contributed by atoms with Gasteiger partial charge in [-0.05, 0) is 39.5 Å². The van der Waals surface area contributed by atoms with Crippen LogP contribution in [0.1, 0.15) is 58.1 Å². The van der Waals surface area contributed by atoms with Crippen LogP contribution >= 0.6 is 0 Å². The van der Waals surface area contributed by atoms with E-state index in [-0.39, 0.29) is 23.2 Å². The van der Waals surface area contributed by atoms with Crippen molar-refractivity contribution in [3.8, 4) is 11.8 Å². The molecule has 3 atom stereocenters. The normalized spacial score (nSPS) is 24.1. The van der Waals surface area contributed by atoms with Gasteiger partial charge in [0.2, 0.25) is 0 Å². The van der Waals surface area contributed by atoms with E-state index in [1.165, 1.54) is 0 Å². The lowest BCUT2D eigenvalue weighted by atomic mass is 9.98. The van der Waals surface area contributed by atoms with Gasteiger partial charge in [-0.15, -0.1) is 0 Å². The average Bonchev–Trinajstić information content (AvgIpc) is 3.08. The summed E-state index contributed by atoms with van der Waals surface area (Å²) >= 11 is 0. The van der Waals surface area contributed by atoms with Gasteiger partial charge in [-0.1, -0.05) is 12.8 Å². The number of aliphatic hydroxyl groups is 1. The third-order valence-electron chi connectivity index (χ3n) is 3.98. The van der Waals surface area contributed by atoms with Crippen molar-refractivity contribution in [1.82, 2.24) is 20.5 Å². The molecule has 1 saturated carbocycles. The summed E-state index contributed by atoms with van der Waals surface area (Å²) in [6, 6.07) is 0. The van der Waals surface area contributed by atoms with Crippen molar-refractivity contribution < 1.29 is 9.90 Å². The number of carbonyl (C=O) groups is 1. The van der Waals surface area contributed by atoms with Gasteiger partial charge in [0.05, 0.1) is 6.10 Å². The van der Waals surface area contributed by atoms with E-state index in [1.54, 1.807) is 0 Å². The van der Waals surface area contributed by atoms with Crippen molar-refractivity contribution in [3.05, 3.63) is 11.6 Å². The zero-order valence-electron chi connectivity index (χ0n) is 14.3. The van der Waals surface area contributed by atoms with Gasteiger partial charge in [0, 0.05) is 30.2 Å². The summed E-state index contributed by atoms with van der Waals surface area (Å²) < 4.78 is 0. The number of hydrogen-bond donors (Lipinski definition) is 3. The van der Waals surface area contributed by atoms with Gasteiger partial charge in [0.25, 0.3) is 5.91 Å². The number of carbonyl (C=O) groups excluding carboxylic acids is 1. The molecule has 126 valence electrons. The van der Waals surface area contributed by atoms with Crippen molar-refractivity contribution >= 4 is 5.91 Å². The van der Waals surface area contributed by atoms with Crippen LogP contribution in [0.3, 0.4) is 0 Å². The molecule has 0 spiro atoms. The second-order valence-corrected chi connectivity index (χ2v) is 7.20. The Bertz CT molecular complexity index is 606. The lowest BCUT2D eigenvalue weighted by Gasteiger charge is -2.13. The van der Waals surface area contributed by atoms with Gasteiger partial charge in [0.1, 0.15) is 5.82 Å². The molecule has 1 aromatic heterocycles. The number of aliphatic hydroxyl groups excluding tert-OH is 1. The Morgan fingerprint density at radius 2 is 2.17 bits per heavy atom. The van der Waals surface area contributed by atoms with E-state index in [9.17, 15) is 9.90 Å². The molecule has 6 nitrogen and oxygen atoms in total. The smallest absolute Gasteiger partial charge is 0.295 e. The summed E-state index contributed by atoms with van der Waals surface area (Å²) in [7, 11) is 0. The van der Waals surface area contributed by atoms with E-state index in [0.717, 1.165) is 24.5 Å². The Labute approximate surface area is 137 Å². The first kappa shape index (κ1) is 17.5. The van der Waals surface area contributed by atoms with Crippen LogP contribution in [0.15, 0.2) is 0 Å². The van der Waals surface area contributed by atoms with Crippen LogP contribution in [0, 0.1) is 23.2 Å². The second-order valence-electron chi connectivity index (χ2n) is 7.20. The minimum Gasteiger partial charge on any atom is -0.393 e. The molecule has 0 saturated heterocycles. The largest absolute Gasteiger partial charge is 0.393 e. The van der Waals surface area contributed by atoms with E-state index in [0.29, 0.717) is 13.0 Å². The second kappa shape index (κ2) is 7.14. The number of H-pyrrole nitrogens is 1. The number of aromatic nitrogens is 3. The molecule has 3 N–H and O–H groups in total. The van der Waals surface area contributed by atoms with Crippen LogP contribution in [0.5, 0.6) is 0 Å². The summed E-state index contributed by atoms with van der Waals surface area (Å²) in [4.78, 5) is 16.2. The predicted octanol–water partition coefficient (Wildman–Crippen LogP) is 1.39. The van der Waals surface area contributed by atoms with Gasteiger partial charge in [0.15, 0.2) is 5.82 Å². The van der Waals surface area contributed by atoms with Crippen LogP contribution in [-0.4, -0.2) is 38.8 Å². The van der Waals surface area contributed by atoms with Crippen LogP contribution in [0.2, 0.25) is 0 Å². The molecule has 1 heterocycles. The summed E-state index contributed by atoms with van der Waals surface area (Å²) in [5.74, 6) is 7.01. The molecule has 1 amide bonds. The number of aryl methyl sites for hydroxylation is 1. The van der Waals surface area contributed by atoms with Crippen LogP contribution in [-0.2, 0) is 11.2 Å². The number of aromatic amines is 1. The molecule has 1 aliphatic carbocycles. The molecule has 0 bridgehead atoms. The highest BCUT2D eigenvalue weighted by molar-refractivity contribution is 5.93. The topological polar surface area (TPSA) is 90.9 Å². The molecule has 0 aliphatic heterocycles. The molecule has 0 aromatic carbocycles. The Balaban J connectivity index is 1.87. The maximum absolute atomic E-state index is 11.8. The molecule has 23 heavy (non-hydrogen) atoms. The zero-order chi connectivity index (χ0) is 17.0. The molecule has 1 aromatic rings. The Morgan fingerprint density at radius 1 is 1.43 bits per heavy atom. The molecule has 0 unspecified atom stereocenters. The van der Waals surface area contributed by atoms with Crippen LogP contribution in [0.25, 0.3) is 0 Å². The maximum atomic E-state index is 11.8. The monoisotopic (exact) mass is 318 g/mol. The predicted molar refractivity (Wildman–Crippen MR) is 87.5 cm³/mol. The van der Waals surface area contributed by atoms with E-state index in [2.05, 4.69) is 32.3 Å². The summed E-state index contributed by atoms with van der Waals surface area (Å²) in [5.41, 5.74) is -0.197. The molecular weight excluding hydrogens is 292 g/mol. The number of rotatable bonds is 4. The fourth-order valence-electron chi connectivity index (χ4n) is 2.70. The molecule has 2 rings (SSSR count). The average molecular weight is 318 g/mol. The fourth-order valence-corrected chi connectivity index (χ4v) is 2.70. The number of hydrogen-bond acceptors (Lipinski definition) is 4. The first-order valence-corrected chi connectivity index (χ1v) is 8.18. The summed E-state index contributed by atoms with van der Waals surface area (Å²) in [6.07, 6.45) is 1.78. The third-order valence-corrected chi connectivity index (χ3v) is 3.98. The lowest BCUT2D eigenvalue weighted by molar-refractivity contribution is -0.116. The van der Waals surface area contributed by atoms with Gasteiger partial charge < -0.3 is 10.4 Å². The minimum atomic E-state index is -0.445. The highest BCUT2D eigenvalue weighted by Gasteiger charge is 2.35. The van der Waals surface area contributed by atoms with Crippen LogP contribution < -0.4 is 5.32 Å². The number of nitrogens with zero attached hydrogens (tertiary/aromatic N) is 2. The quantitative estimate of drug-likeness (QED) is 0.732. The Hall–Kier alpha value is -1.87. The van der Waals surface area contributed by atoms with Gasteiger partial charge in [-0.25, -0.2) is 4.98 Å². The Morgan fingerprint density at radius 3 is 2.78 bits per heavy atom. The maximum Gasteiger partial charge on any atom is 0.295 e.